The Hall–Kier alpha value is -6.15. The zero-order valence-electron chi connectivity index (χ0n) is 28.1. The number of hydrogen-bond donors (Lipinski definition) is 2. The summed E-state index contributed by atoms with van der Waals surface area (Å²) in [6.07, 6.45) is 5.75. The van der Waals surface area contributed by atoms with Crippen LogP contribution in [-0.2, 0) is 31.0 Å². The van der Waals surface area contributed by atoms with Crippen molar-refractivity contribution in [2.75, 3.05) is 4.90 Å². The summed E-state index contributed by atoms with van der Waals surface area (Å²) in [5, 5.41) is 21.6. The number of benzene rings is 4. The summed E-state index contributed by atoms with van der Waals surface area (Å²) in [5.74, 6) is -6.70. The number of phenolic OH excluding ortho intramolecular Hbond substituents is 1. The molecule has 258 valence electrons. The highest BCUT2D eigenvalue weighted by molar-refractivity contribution is 6.32. The van der Waals surface area contributed by atoms with E-state index >= 15 is 9.59 Å². The van der Waals surface area contributed by atoms with Crippen molar-refractivity contribution in [1.29, 1.82) is 0 Å². The molecule has 2 fully saturated rings. The second kappa shape index (κ2) is 12.6. The number of para-hydroxylation sites is 1. The minimum absolute atomic E-state index is 0.0100. The largest absolute Gasteiger partial charge is 0.507 e. The minimum Gasteiger partial charge on any atom is -0.507 e. The monoisotopic (exact) mass is 689 g/mol. The Labute approximate surface area is 300 Å². The predicted octanol–water partition coefficient (Wildman–Crippen LogP) is 6.85. The van der Waals surface area contributed by atoms with E-state index in [2.05, 4.69) is 6.58 Å². The number of allylic oxidation sites excluding steroid dienone is 5. The summed E-state index contributed by atoms with van der Waals surface area (Å²) < 4.78 is 0. The molecule has 0 spiro atoms. The molecule has 2 amide bonds. The van der Waals surface area contributed by atoms with Crippen molar-refractivity contribution in [3.63, 3.8) is 0 Å². The number of carbonyl (C=O) groups is 5. The molecule has 1 heterocycles. The number of carbonyl (C=O) groups excluding carboxylic acids is 4. The lowest BCUT2D eigenvalue weighted by Gasteiger charge is -2.55. The second-order valence-corrected chi connectivity index (χ2v) is 14.0. The molecule has 0 radical (unpaired) electrons. The van der Waals surface area contributed by atoms with E-state index in [1.54, 1.807) is 36.4 Å². The van der Waals surface area contributed by atoms with E-state index < -0.39 is 52.8 Å². The maximum atomic E-state index is 15.2. The molecule has 3 aliphatic carbocycles. The summed E-state index contributed by atoms with van der Waals surface area (Å²) in [4.78, 5) is 71.9. The van der Waals surface area contributed by atoms with Gasteiger partial charge >= 0.3 is 5.97 Å². The van der Waals surface area contributed by atoms with Gasteiger partial charge in [-0.2, -0.15) is 0 Å². The lowest BCUT2D eigenvalue weighted by atomic mass is 9.44. The highest BCUT2D eigenvalue weighted by Gasteiger charge is 2.66. The molecule has 4 aromatic carbocycles. The molecule has 1 saturated carbocycles. The first-order chi connectivity index (χ1) is 25.2. The Balaban J connectivity index is 1.36. The number of rotatable bonds is 7. The van der Waals surface area contributed by atoms with Gasteiger partial charge < -0.3 is 10.2 Å². The fourth-order valence-electron chi connectivity index (χ4n) is 9.42. The fraction of sp³-hybridized carbons (Fsp3) is 0.205. The van der Waals surface area contributed by atoms with Crippen LogP contribution in [0.15, 0.2) is 134 Å². The molecule has 2 N–H and O–H groups in total. The molecule has 1 saturated heterocycles. The Morgan fingerprint density at radius 2 is 1.58 bits per heavy atom. The number of nitrogens with zero attached hydrogens (tertiary/aromatic N) is 1. The number of Topliss-reactive ketones (excluding diaryl/α,β-unsaturated/α-hetero) is 1. The van der Waals surface area contributed by atoms with Gasteiger partial charge in [0.05, 0.1) is 28.5 Å². The lowest BCUT2D eigenvalue weighted by Crippen LogP contribution is -2.58. The molecule has 8 rings (SSSR count). The van der Waals surface area contributed by atoms with Crippen molar-refractivity contribution in [3.8, 4) is 5.75 Å². The molecule has 4 aliphatic rings. The van der Waals surface area contributed by atoms with Crippen LogP contribution in [0.1, 0.15) is 51.4 Å². The van der Waals surface area contributed by atoms with Crippen LogP contribution in [0.2, 0.25) is 0 Å². The fourth-order valence-corrected chi connectivity index (χ4v) is 9.42. The van der Waals surface area contributed by atoms with Crippen LogP contribution in [0.4, 0.5) is 5.69 Å². The molecule has 0 aromatic heterocycles. The van der Waals surface area contributed by atoms with E-state index in [-0.39, 0.29) is 47.0 Å². The molecule has 6 atom stereocenters. The molecular formula is C44H35NO7. The van der Waals surface area contributed by atoms with E-state index in [9.17, 15) is 24.6 Å². The van der Waals surface area contributed by atoms with Crippen LogP contribution in [0, 0.1) is 23.7 Å². The van der Waals surface area contributed by atoms with Crippen LogP contribution in [0.3, 0.4) is 0 Å². The molecule has 8 heteroatoms. The summed E-state index contributed by atoms with van der Waals surface area (Å²) in [5.41, 5.74) is 1.95. The SMILES string of the molecule is C=CCc1cccc([C@H]2C3=CC[C@@H]4C(=O)N(c5cccc(C(=O)O)c5)C(=O)[C@@H]4[C@@H]3C[C@H]3C(=O)C(c4ccccc4)=CC(=O)[C@@]23c2ccccc2)c1O. The van der Waals surface area contributed by atoms with E-state index in [0.717, 1.165) is 10.5 Å². The van der Waals surface area contributed by atoms with E-state index in [1.165, 1.54) is 24.3 Å². The van der Waals surface area contributed by atoms with E-state index in [0.29, 0.717) is 28.7 Å². The summed E-state index contributed by atoms with van der Waals surface area (Å²) >= 11 is 0. The first-order valence-electron chi connectivity index (χ1n) is 17.4. The second-order valence-electron chi connectivity index (χ2n) is 14.0. The normalized spacial score (nSPS) is 26.5. The number of carboxylic acid groups (broad SMARTS) is 1. The van der Waals surface area contributed by atoms with Crippen molar-refractivity contribution >= 4 is 40.6 Å². The molecule has 0 bridgehead atoms. The molecule has 52 heavy (non-hydrogen) atoms. The van der Waals surface area contributed by atoms with Crippen molar-refractivity contribution in [2.45, 2.75) is 30.6 Å². The third kappa shape index (κ3) is 4.78. The van der Waals surface area contributed by atoms with Crippen molar-refractivity contribution < 1.29 is 34.2 Å². The van der Waals surface area contributed by atoms with Gasteiger partial charge in [-0.25, -0.2) is 4.79 Å². The van der Waals surface area contributed by atoms with Gasteiger partial charge in [0.2, 0.25) is 11.8 Å². The number of imide groups is 1. The highest BCUT2D eigenvalue weighted by Crippen LogP contribution is 2.64. The van der Waals surface area contributed by atoms with Gasteiger partial charge in [-0.3, -0.25) is 24.1 Å². The van der Waals surface area contributed by atoms with Crippen LogP contribution in [0.5, 0.6) is 5.75 Å². The predicted molar refractivity (Wildman–Crippen MR) is 194 cm³/mol. The first kappa shape index (κ1) is 33.0. The highest BCUT2D eigenvalue weighted by atomic mass is 16.4. The van der Waals surface area contributed by atoms with Crippen molar-refractivity contribution in [2.24, 2.45) is 23.7 Å². The Morgan fingerprint density at radius 3 is 2.29 bits per heavy atom. The zero-order valence-corrected chi connectivity index (χ0v) is 28.1. The number of aromatic carboxylic acids is 1. The van der Waals surface area contributed by atoms with Gasteiger partial charge in [-0.05, 0) is 66.1 Å². The van der Waals surface area contributed by atoms with Crippen molar-refractivity contribution in [3.05, 3.63) is 161 Å². The number of ketones is 2. The number of aromatic hydroxyl groups is 1. The lowest BCUT2D eigenvalue weighted by molar-refractivity contribution is -0.135. The smallest absolute Gasteiger partial charge is 0.335 e. The summed E-state index contributed by atoms with van der Waals surface area (Å²) in [6.45, 7) is 3.85. The third-order valence-corrected chi connectivity index (χ3v) is 11.6. The van der Waals surface area contributed by atoms with E-state index in [4.69, 9.17) is 0 Å². The topological polar surface area (TPSA) is 129 Å². The number of phenols is 1. The Bertz CT molecular complexity index is 2250. The maximum absolute atomic E-state index is 15.2. The van der Waals surface area contributed by atoms with Gasteiger partial charge in [0.25, 0.3) is 0 Å². The number of hydrogen-bond acceptors (Lipinski definition) is 6. The Morgan fingerprint density at radius 1 is 0.865 bits per heavy atom. The summed E-state index contributed by atoms with van der Waals surface area (Å²) in [7, 11) is 0. The standard InChI is InChI=1S/C44H35NO7/c1-2-11-26-14-10-19-32(39(26)47)38-30-20-21-31-37(42(50)45(41(31)49)29-18-9-15-27(22-29)43(51)52)34(30)23-35-40(48)33(25-12-5-3-6-13-25)24-36(46)44(35,38)28-16-7-4-8-17-28/h2-10,12-20,22,24,31,34-35,37-38,47H,1,11,21,23H2,(H,51,52)/t31-,34+,35-,37-,38+,44-/m0/s1. The number of fused-ring (bicyclic) bond motifs is 4. The van der Waals surface area contributed by atoms with Gasteiger partial charge in [0.15, 0.2) is 11.6 Å². The van der Waals surface area contributed by atoms with Gasteiger partial charge in [0, 0.05) is 23.0 Å². The van der Waals surface area contributed by atoms with Gasteiger partial charge in [-0.1, -0.05) is 103 Å². The molecule has 4 aromatic rings. The van der Waals surface area contributed by atoms with Crippen LogP contribution in [-0.4, -0.2) is 39.6 Å². The third-order valence-electron chi connectivity index (χ3n) is 11.6. The minimum atomic E-state index is -1.47. The average molecular weight is 690 g/mol. The maximum Gasteiger partial charge on any atom is 0.335 e. The molecule has 8 nitrogen and oxygen atoms in total. The molecule has 0 unspecified atom stereocenters. The summed E-state index contributed by atoms with van der Waals surface area (Å²) in [6, 6.07) is 29.4. The van der Waals surface area contributed by atoms with Crippen LogP contribution in [0.25, 0.3) is 5.57 Å². The number of amides is 2. The van der Waals surface area contributed by atoms with Gasteiger partial charge in [0.1, 0.15) is 5.75 Å². The van der Waals surface area contributed by atoms with E-state index in [1.807, 2.05) is 60.7 Å². The Kier molecular flexibility index (Phi) is 7.98. The van der Waals surface area contributed by atoms with Crippen molar-refractivity contribution in [1.82, 2.24) is 0 Å². The molecular weight excluding hydrogens is 654 g/mol. The number of carboxylic acids is 1. The quantitative estimate of drug-likeness (QED) is 0.161. The van der Waals surface area contributed by atoms with Crippen LogP contribution >= 0.6 is 0 Å². The average Bonchev–Trinajstić information content (AvgIpc) is 3.42. The first-order valence-corrected chi connectivity index (χ1v) is 17.4. The molecule has 1 aliphatic heterocycles. The van der Waals surface area contributed by atoms with Crippen LogP contribution < -0.4 is 4.90 Å². The van der Waals surface area contributed by atoms with Gasteiger partial charge in [-0.15, -0.1) is 6.58 Å². The zero-order chi connectivity index (χ0) is 36.3. The number of anilines is 1.